The normalized spacial score (nSPS) is 26.4. The smallest absolute Gasteiger partial charge is 0.303 e. The lowest BCUT2D eigenvalue weighted by Crippen LogP contribution is -2.54. The van der Waals surface area contributed by atoms with Crippen LogP contribution >= 0.6 is 11.6 Å². The second kappa shape index (κ2) is 10.4. The van der Waals surface area contributed by atoms with Gasteiger partial charge in [-0.25, -0.2) is 0 Å². The number of carbonyl (C=O) groups is 1. The van der Waals surface area contributed by atoms with Crippen LogP contribution in [0.25, 0.3) is 0 Å². The maximum absolute atomic E-state index is 11.1. The Morgan fingerprint density at radius 1 is 1.24 bits per heavy atom. The maximum Gasteiger partial charge on any atom is 0.303 e. The number of nitrogens with one attached hydrogen (secondary N) is 1. The van der Waals surface area contributed by atoms with Crippen LogP contribution in [-0.2, 0) is 16.8 Å². The van der Waals surface area contributed by atoms with Gasteiger partial charge in [-0.05, 0) is 85.5 Å². The summed E-state index contributed by atoms with van der Waals surface area (Å²) < 4.78 is 0. The zero-order valence-electron chi connectivity index (χ0n) is 21.4. The first-order valence-corrected chi connectivity index (χ1v) is 13.0. The lowest BCUT2D eigenvalue weighted by Gasteiger charge is -2.47. The van der Waals surface area contributed by atoms with Crippen LogP contribution in [-0.4, -0.2) is 28.7 Å². The van der Waals surface area contributed by atoms with E-state index in [0.29, 0.717) is 29.7 Å². The van der Waals surface area contributed by atoms with E-state index in [0.717, 1.165) is 50.2 Å². The minimum Gasteiger partial charge on any atom is -0.481 e. The van der Waals surface area contributed by atoms with Crippen molar-refractivity contribution in [3.63, 3.8) is 0 Å². The van der Waals surface area contributed by atoms with Crippen LogP contribution in [0.15, 0.2) is 30.0 Å². The van der Waals surface area contributed by atoms with E-state index < -0.39 is 5.97 Å². The molecule has 0 amide bonds. The van der Waals surface area contributed by atoms with E-state index in [1.54, 1.807) is 0 Å². The number of rotatable bonds is 7. The monoisotopic (exact) mass is 474 g/mol. The van der Waals surface area contributed by atoms with Crippen molar-refractivity contribution in [2.75, 3.05) is 6.67 Å². The first-order chi connectivity index (χ1) is 15.4. The molecule has 1 fully saturated rings. The molecule has 0 unspecified atom stereocenters. The lowest BCUT2D eigenvalue weighted by molar-refractivity contribution is -0.138. The van der Waals surface area contributed by atoms with Gasteiger partial charge in [0.05, 0.1) is 12.2 Å². The molecule has 1 atom stereocenters. The molecule has 1 aromatic rings. The van der Waals surface area contributed by atoms with Gasteiger partial charge in [0.15, 0.2) is 0 Å². The van der Waals surface area contributed by atoms with Gasteiger partial charge in [-0.1, -0.05) is 58.4 Å². The molecular weight excluding hydrogens is 432 g/mol. The molecule has 1 aromatic carbocycles. The molecule has 0 aromatic heterocycles. The third-order valence-electron chi connectivity index (χ3n) is 7.64. The molecule has 2 N–H and O–H groups in total. The second-order valence-electron chi connectivity index (χ2n) is 11.9. The Hall–Kier alpha value is -1.52. The summed E-state index contributed by atoms with van der Waals surface area (Å²) in [5.74, 6) is 0.0566. The van der Waals surface area contributed by atoms with E-state index in [9.17, 15) is 4.79 Å². The minimum atomic E-state index is -0.668. The molecule has 0 saturated heterocycles. The van der Waals surface area contributed by atoms with Crippen molar-refractivity contribution in [3.05, 3.63) is 46.1 Å². The van der Waals surface area contributed by atoms with E-state index in [2.05, 4.69) is 76.2 Å². The van der Waals surface area contributed by atoms with Crippen LogP contribution in [0.4, 0.5) is 0 Å². The summed E-state index contributed by atoms with van der Waals surface area (Å²) in [4.78, 5) is 13.5. The van der Waals surface area contributed by atoms with Crippen molar-refractivity contribution in [1.82, 2.24) is 10.2 Å². The number of halogens is 1. The molecule has 2 aliphatic rings. The highest BCUT2D eigenvalue weighted by Gasteiger charge is 2.38. The average molecular weight is 475 g/mol. The summed E-state index contributed by atoms with van der Waals surface area (Å²) in [7, 11) is 0. The largest absolute Gasteiger partial charge is 0.481 e. The molecule has 1 aliphatic heterocycles. The van der Waals surface area contributed by atoms with Gasteiger partial charge in [0.25, 0.3) is 0 Å². The zero-order chi connectivity index (χ0) is 24.4. The summed E-state index contributed by atoms with van der Waals surface area (Å²) >= 11 is 6.77. The Bertz CT molecular complexity index is 865. The first-order valence-electron chi connectivity index (χ1n) is 12.6. The van der Waals surface area contributed by atoms with Gasteiger partial charge in [0.1, 0.15) is 0 Å². The molecule has 33 heavy (non-hydrogen) atoms. The zero-order valence-corrected chi connectivity index (χ0v) is 22.1. The first kappa shape index (κ1) is 26.1. The van der Waals surface area contributed by atoms with Crippen LogP contribution in [0, 0.1) is 17.3 Å². The number of carboxylic acid groups (broad SMARTS) is 1. The molecule has 184 valence electrons. The molecule has 0 spiro atoms. The van der Waals surface area contributed by atoms with Crippen molar-refractivity contribution < 1.29 is 9.90 Å². The summed E-state index contributed by atoms with van der Waals surface area (Å²) in [6.07, 6.45) is 8.93. The summed E-state index contributed by atoms with van der Waals surface area (Å²) in [5, 5.41) is 13.8. The van der Waals surface area contributed by atoms with Crippen LogP contribution < -0.4 is 5.32 Å². The quantitative estimate of drug-likeness (QED) is 0.448. The van der Waals surface area contributed by atoms with Crippen molar-refractivity contribution in [2.45, 2.75) is 98.1 Å². The van der Waals surface area contributed by atoms with Crippen LogP contribution in [0.2, 0.25) is 5.02 Å². The SMILES string of the molecule is CC(C)C1=CN([C@H]2CC[C@H](CC(=O)O)CC2)CN[C@@]1(C)c1ccc(CCC(C)(C)C)c(Cl)c1. The third-order valence-corrected chi connectivity index (χ3v) is 7.99. The molecule has 3 rings (SSSR count). The van der Waals surface area contributed by atoms with E-state index in [4.69, 9.17) is 16.7 Å². The predicted molar refractivity (Wildman–Crippen MR) is 137 cm³/mol. The van der Waals surface area contributed by atoms with Crippen molar-refractivity contribution in [2.24, 2.45) is 17.3 Å². The highest BCUT2D eigenvalue weighted by molar-refractivity contribution is 6.31. The highest BCUT2D eigenvalue weighted by Crippen LogP contribution is 2.40. The number of carboxylic acids is 1. The predicted octanol–water partition coefficient (Wildman–Crippen LogP) is 6.97. The van der Waals surface area contributed by atoms with Crippen LogP contribution in [0.1, 0.15) is 91.2 Å². The van der Waals surface area contributed by atoms with Gasteiger partial charge in [-0.3, -0.25) is 10.1 Å². The van der Waals surface area contributed by atoms with Gasteiger partial charge < -0.3 is 10.0 Å². The van der Waals surface area contributed by atoms with Crippen molar-refractivity contribution in [3.8, 4) is 0 Å². The summed E-state index contributed by atoms with van der Waals surface area (Å²) in [6, 6.07) is 7.10. The van der Waals surface area contributed by atoms with Crippen LogP contribution in [0.3, 0.4) is 0 Å². The highest BCUT2D eigenvalue weighted by atomic mass is 35.5. The van der Waals surface area contributed by atoms with Gasteiger partial charge >= 0.3 is 5.97 Å². The van der Waals surface area contributed by atoms with E-state index in [1.807, 2.05) is 0 Å². The standard InChI is InChI=1S/C28H43ClN2O2/c1-19(2)24-17-31(23-11-7-20(8-12-23)15-26(32)33)18-30-28(24,6)22-10-9-21(25(29)16-22)13-14-27(3,4)5/h9-10,16-17,19-20,23,30H,7-8,11-15,18H2,1-6H3,(H,32,33)/t20-,23-,28-/m0/s1. The molecule has 5 heteroatoms. The van der Waals surface area contributed by atoms with Crippen molar-refractivity contribution in [1.29, 1.82) is 0 Å². The van der Waals surface area contributed by atoms with Gasteiger partial charge in [-0.2, -0.15) is 0 Å². The minimum absolute atomic E-state index is 0.253. The summed E-state index contributed by atoms with van der Waals surface area (Å²) in [6.45, 7) is 14.4. The number of nitrogens with zero attached hydrogens (tertiary/aromatic N) is 1. The average Bonchev–Trinajstić information content (AvgIpc) is 2.72. The van der Waals surface area contributed by atoms with Gasteiger partial charge in [0, 0.05) is 23.7 Å². The second-order valence-corrected chi connectivity index (χ2v) is 12.3. The maximum atomic E-state index is 11.1. The fraction of sp³-hybridized carbons (Fsp3) is 0.679. The molecule has 0 radical (unpaired) electrons. The lowest BCUT2D eigenvalue weighted by atomic mass is 9.77. The molecule has 4 nitrogen and oxygen atoms in total. The number of hydrogen-bond donors (Lipinski definition) is 2. The topological polar surface area (TPSA) is 52.6 Å². The fourth-order valence-electron chi connectivity index (χ4n) is 5.43. The Balaban J connectivity index is 1.77. The number of benzene rings is 1. The number of aryl methyl sites for hydroxylation is 1. The molecule has 1 saturated carbocycles. The molecule has 1 heterocycles. The molecular formula is C28H43ClN2O2. The number of aliphatic carboxylic acids is 1. The Morgan fingerprint density at radius 3 is 2.45 bits per heavy atom. The van der Waals surface area contributed by atoms with Gasteiger partial charge in [-0.15, -0.1) is 0 Å². The van der Waals surface area contributed by atoms with E-state index in [1.165, 1.54) is 16.7 Å². The van der Waals surface area contributed by atoms with E-state index >= 15 is 0 Å². The Morgan fingerprint density at radius 2 is 1.91 bits per heavy atom. The van der Waals surface area contributed by atoms with E-state index in [-0.39, 0.29) is 5.54 Å². The van der Waals surface area contributed by atoms with Crippen LogP contribution in [0.5, 0.6) is 0 Å². The van der Waals surface area contributed by atoms with Crippen molar-refractivity contribution >= 4 is 17.6 Å². The number of hydrogen-bond acceptors (Lipinski definition) is 3. The Kier molecular flexibility index (Phi) is 8.22. The Labute approximate surface area is 205 Å². The molecule has 0 bridgehead atoms. The summed E-state index contributed by atoms with van der Waals surface area (Å²) in [5.41, 5.74) is 3.86. The third kappa shape index (κ3) is 6.54. The van der Waals surface area contributed by atoms with Gasteiger partial charge in [0.2, 0.25) is 0 Å². The molecule has 1 aliphatic carbocycles. The fourth-order valence-corrected chi connectivity index (χ4v) is 5.71.